The maximum atomic E-state index is 12.6. The van der Waals surface area contributed by atoms with Gasteiger partial charge in [0.2, 0.25) is 0 Å². The molecule has 0 atom stereocenters. The molecule has 0 saturated carbocycles. The highest BCUT2D eigenvalue weighted by molar-refractivity contribution is 7.92. The number of carbonyl (C=O) groups excluding carboxylic acids is 1. The normalized spacial score (nSPS) is 11.1. The first-order valence-electron chi connectivity index (χ1n) is 9.53. The second kappa shape index (κ2) is 8.45. The molecule has 0 radical (unpaired) electrons. The molecule has 1 heterocycles. The average Bonchev–Trinajstić information content (AvgIpc) is 3.28. The van der Waals surface area contributed by atoms with Gasteiger partial charge in [-0.05, 0) is 55.0 Å². The van der Waals surface area contributed by atoms with E-state index in [4.69, 9.17) is 0 Å². The first kappa shape index (κ1) is 20.4. The molecule has 0 bridgehead atoms. The highest BCUT2D eigenvalue weighted by atomic mass is 32.2. The van der Waals surface area contributed by atoms with E-state index in [1.165, 1.54) is 12.1 Å². The van der Waals surface area contributed by atoms with Crippen molar-refractivity contribution in [2.24, 2.45) is 0 Å². The van der Waals surface area contributed by atoms with E-state index in [-0.39, 0.29) is 10.6 Å². The molecular formula is C23H20N4O3S. The highest BCUT2D eigenvalue weighted by Crippen LogP contribution is 2.24. The average molecular weight is 433 g/mol. The summed E-state index contributed by atoms with van der Waals surface area (Å²) >= 11 is 0. The first-order chi connectivity index (χ1) is 14.9. The largest absolute Gasteiger partial charge is 0.321 e. The Bertz CT molecular complexity index is 1320. The van der Waals surface area contributed by atoms with Gasteiger partial charge in [-0.3, -0.25) is 9.52 Å². The van der Waals surface area contributed by atoms with Crippen molar-refractivity contribution in [3.8, 4) is 5.69 Å². The van der Waals surface area contributed by atoms with Crippen LogP contribution in [0.2, 0.25) is 0 Å². The van der Waals surface area contributed by atoms with Gasteiger partial charge in [-0.2, -0.15) is 5.10 Å². The van der Waals surface area contributed by atoms with Crippen LogP contribution >= 0.6 is 0 Å². The van der Waals surface area contributed by atoms with Crippen molar-refractivity contribution in [1.82, 2.24) is 9.78 Å². The van der Waals surface area contributed by atoms with Crippen molar-refractivity contribution >= 4 is 27.3 Å². The number of sulfonamides is 1. The van der Waals surface area contributed by atoms with E-state index < -0.39 is 15.9 Å². The number of aryl methyl sites for hydroxylation is 1. The summed E-state index contributed by atoms with van der Waals surface area (Å²) in [6, 6.07) is 24.2. The lowest BCUT2D eigenvalue weighted by molar-refractivity contribution is 0.102. The van der Waals surface area contributed by atoms with Crippen molar-refractivity contribution in [3.05, 3.63) is 102 Å². The fourth-order valence-corrected chi connectivity index (χ4v) is 4.12. The molecule has 0 saturated heterocycles. The second-order valence-electron chi connectivity index (χ2n) is 6.88. The van der Waals surface area contributed by atoms with Crippen LogP contribution in [0, 0.1) is 6.92 Å². The number of nitrogens with zero attached hydrogens (tertiary/aromatic N) is 2. The summed E-state index contributed by atoms with van der Waals surface area (Å²) in [7, 11) is -3.74. The van der Waals surface area contributed by atoms with Crippen LogP contribution in [0.25, 0.3) is 5.69 Å². The number of amides is 1. The van der Waals surface area contributed by atoms with Gasteiger partial charge in [0.05, 0.1) is 16.3 Å². The number of anilines is 2. The summed E-state index contributed by atoms with van der Waals surface area (Å²) in [6.07, 6.45) is 1.71. The lowest BCUT2D eigenvalue weighted by Crippen LogP contribution is -2.15. The van der Waals surface area contributed by atoms with Crippen molar-refractivity contribution in [3.63, 3.8) is 0 Å². The van der Waals surface area contributed by atoms with Crippen molar-refractivity contribution in [2.45, 2.75) is 11.8 Å². The van der Waals surface area contributed by atoms with Gasteiger partial charge in [0.1, 0.15) is 0 Å². The van der Waals surface area contributed by atoms with Crippen LogP contribution < -0.4 is 10.0 Å². The van der Waals surface area contributed by atoms with Crippen molar-refractivity contribution in [2.75, 3.05) is 10.0 Å². The Balaban J connectivity index is 1.52. The Morgan fingerprint density at radius 1 is 0.903 bits per heavy atom. The van der Waals surface area contributed by atoms with Crippen molar-refractivity contribution in [1.29, 1.82) is 0 Å². The van der Waals surface area contributed by atoms with Crippen LogP contribution in [0.15, 0.2) is 96.0 Å². The van der Waals surface area contributed by atoms with Crippen molar-refractivity contribution < 1.29 is 13.2 Å². The molecule has 0 aliphatic carbocycles. The Morgan fingerprint density at radius 2 is 1.58 bits per heavy atom. The van der Waals surface area contributed by atoms with E-state index in [9.17, 15) is 13.2 Å². The van der Waals surface area contributed by atoms with Crippen LogP contribution in [0.4, 0.5) is 11.4 Å². The summed E-state index contributed by atoms with van der Waals surface area (Å²) in [5.41, 5.74) is 2.66. The van der Waals surface area contributed by atoms with E-state index in [2.05, 4.69) is 15.1 Å². The zero-order valence-electron chi connectivity index (χ0n) is 16.7. The van der Waals surface area contributed by atoms with Crippen LogP contribution in [0.5, 0.6) is 0 Å². The second-order valence-corrected chi connectivity index (χ2v) is 8.57. The lowest BCUT2D eigenvalue weighted by atomic mass is 10.2. The van der Waals surface area contributed by atoms with Crippen LogP contribution in [0.3, 0.4) is 0 Å². The summed E-state index contributed by atoms with van der Waals surface area (Å²) in [4.78, 5) is 12.8. The number of aromatic nitrogens is 2. The highest BCUT2D eigenvalue weighted by Gasteiger charge is 2.16. The maximum absolute atomic E-state index is 12.6. The number of carbonyl (C=O) groups is 1. The molecule has 0 aliphatic rings. The molecule has 8 heteroatoms. The summed E-state index contributed by atoms with van der Waals surface area (Å²) in [5.74, 6) is -0.393. The topological polar surface area (TPSA) is 93.1 Å². The minimum Gasteiger partial charge on any atom is -0.321 e. The number of rotatable bonds is 6. The molecule has 3 aromatic carbocycles. The quantitative estimate of drug-likeness (QED) is 0.477. The Labute approximate surface area is 180 Å². The van der Waals surface area contributed by atoms with Gasteiger partial charge in [-0.1, -0.05) is 42.5 Å². The number of benzene rings is 3. The summed E-state index contributed by atoms with van der Waals surface area (Å²) in [5, 5.41) is 7.08. The molecule has 7 nitrogen and oxygen atoms in total. The summed E-state index contributed by atoms with van der Waals surface area (Å²) in [6.45, 7) is 1.79. The standard InChI is InChI=1S/C23H20N4O3S/c1-17-12-13-18(16-22(17)26-31(29,30)20-10-6-3-7-11-20)24-23(28)21-14-15-27(25-21)19-8-4-2-5-9-19/h2-16,26H,1H3,(H,24,28). The molecular weight excluding hydrogens is 412 g/mol. The summed E-state index contributed by atoms with van der Waals surface area (Å²) < 4.78 is 29.5. The number of hydrogen-bond acceptors (Lipinski definition) is 4. The monoisotopic (exact) mass is 432 g/mol. The molecule has 1 aromatic heterocycles. The third-order valence-corrected chi connectivity index (χ3v) is 6.02. The minimum absolute atomic E-state index is 0.162. The van der Waals surface area contributed by atoms with Gasteiger partial charge in [-0.25, -0.2) is 13.1 Å². The molecule has 4 aromatic rings. The molecule has 0 unspecified atom stereocenters. The molecule has 2 N–H and O–H groups in total. The molecule has 0 fully saturated rings. The molecule has 0 spiro atoms. The third kappa shape index (κ3) is 4.65. The van der Waals surface area contributed by atoms with Gasteiger partial charge in [0, 0.05) is 11.9 Å². The molecule has 1 amide bonds. The predicted molar refractivity (Wildman–Crippen MR) is 120 cm³/mol. The zero-order valence-corrected chi connectivity index (χ0v) is 17.5. The van der Waals surface area contributed by atoms with E-state index in [0.29, 0.717) is 11.4 Å². The van der Waals surface area contributed by atoms with Gasteiger partial charge in [0.15, 0.2) is 5.69 Å². The van der Waals surface area contributed by atoms with E-state index in [1.807, 2.05) is 30.3 Å². The van der Waals surface area contributed by atoms with Crippen LogP contribution in [-0.2, 0) is 10.0 Å². The zero-order chi connectivity index (χ0) is 21.8. The minimum atomic E-state index is -3.74. The first-order valence-corrected chi connectivity index (χ1v) is 11.0. The maximum Gasteiger partial charge on any atom is 0.276 e. The fourth-order valence-electron chi connectivity index (χ4n) is 2.98. The van der Waals surface area contributed by atoms with E-state index in [1.54, 1.807) is 60.3 Å². The third-order valence-electron chi connectivity index (χ3n) is 4.64. The number of nitrogens with one attached hydrogen (secondary N) is 2. The molecule has 31 heavy (non-hydrogen) atoms. The fraction of sp³-hybridized carbons (Fsp3) is 0.0435. The number of hydrogen-bond donors (Lipinski definition) is 2. The van der Waals surface area contributed by atoms with Gasteiger partial charge >= 0.3 is 0 Å². The predicted octanol–water partition coefficient (Wildman–Crippen LogP) is 4.23. The van der Waals surface area contributed by atoms with Gasteiger partial charge in [-0.15, -0.1) is 0 Å². The molecule has 156 valence electrons. The van der Waals surface area contributed by atoms with Crippen LogP contribution in [-0.4, -0.2) is 24.1 Å². The molecule has 4 rings (SSSR count). The Kier molecular flexibility index (Phi) is 5.55. The SMILES string of the molecule is Cc1ccc(NC(=O)c2ccn(-c3ccccc3)n2)cc1NS(=O)(=O)c1ccccc1. The number of para-hydroxylation sites is 1. The Morgan fingerprint density at radius 3 is 2.29 bits per heavy atom. The van der Waals surface area contributed by atoms with E-state index in [0.717, 1.165) is 11.3 Å². The Hall–Kier alpha value is -3.91. The smallest absolute Gasteiger partial charge is 0.276 e. The lowest BCUT2D eigenvalue weighted by Gasteiger charge is -2.12. The van der Waals surface area contributed by atoms with Gasteiger partial charge < -0.3 is 5.32 Å². The molecule has 0 aliphatic heterocycles. The van der Waals surface area contributed by atoms with Crippen LogP contribution in [0.1, 0.15) is 16.1 Å². The van der Waals surface area contributed by atoms with E-state index >= 15 is 0 Å². The van der Waals surface area contributed by atoms with Gasteiger partial charge in [0.25, 0.3) is 15.9 Å².